The van der Waals surface area contributed by atoms with Crippen molar-refractivity contribution in [2.24, 2.45) is 0 Å². The molecule has 3 nitrogen and oxygen atoms in total. The molecule has 1 rings (SSSR count). The number of nitrogens with one attached hydrogen (secondary N) is 1. The van der Waals surface area contributed by atoms with Crippen molar-refractivity contribution in [3.05, 3.63) is 23.2 Å². The Hall–Kier alpha value is -0.800. The highest BCUT2D eigenvalue weighted by Gasteiger charge is 2.07. The second-order valence-corrected chi connectivity index (χ2v) is 3.93. The highest BCUT2D eigenvalue weighted by molar-refractivity contribution is 5.19. The topological polar surface area (TPSA) is 34.4 Å². The summed E-state index contributed by atoms with van der Waals surface area (Å²) in [5.74, 6) is 1.94. The number of hydrogen-bond acceptors (Lipinski definition) is 3. The van der Waals surface area contributed by atoms with Crippen LogP contribution >= 0.6 is 0 Å². The molecule has 1 heterocycles. The van der Waals surface area contributed by atoms with Gasteiger partial charge >= 0.3 is 0 Å². The quantitative estimate of drug-likeness (QED) is 0.785. The molecule has 15 heavy (non-hydrogen) atoms. The second-order valence-electron chi connectivity index (χ2n) is 3.93. The van der Waals surface area contributed by atoms with E-state index in [1.54, 1.807) is 0 Å². The first-order chi connectivity index (χ1) is 7.13. The lowest BCUT2D eigenvalue weighted by molar-refractivity contribution is 0.0650. The van der Waals surface area contributed by atoms with Crippen molar-refractivity contribution in [1.82, 2.24) is 5.32 Å². The molecule has 0 bridgehead atoms. The number of rotatable bonds is 6. The second kappa shape index (κ2) is 5.93. The Kier molecular flexibility index (Phi) is 4.85. The molecular formula is C12H21NO2. The van der Waals surface area contributed by atoms with Gasteiger partial charge in [0.1, 0.15) is 11.5 Å². The van der Waals surface area contributed by atoms with E-state index in [0.29, 0.717) is 6.61 Å². The fourth-order valence-electron chi connectivity index (χ4n) is 1.32. The van der Waals surface area contributed by atoms with Crippen molar-refractivity contribution in [3.8, 4) is 0 Å². The van der Waals surface area contributed by atoms with Crippen LogP contribution in [0.2, 0.25) is 0 Å². The van der Waals surface area contributed by atoms with E-state index in [2.05, 4.69) is 18.3 Å². The minimum atomic E-state index is 0.261. The van der Waals surface area contributed by atoms with Crippen molar-refractivity contribution in [3.63, 3.8) is 0 Å². The predicted molar refractivity (Wildman–Crippen MR) is 60.8 cm³/mol. The summed E-state index contributed by atoms with van der Waals surface area (Å²) in [4.78, 5) is 0. The molecule has 0 aliphatic heterocycles. The van der Waals surface area contributed by atoms with Gasteiger partial charge < -0.3 is 14.5 Å². The summed E-state index contributed by atoms with van der Waals surface area (Å²) in [6, 6.07) is 2.07. The maximum absolute atomic E-state index is 5.61. The summed E-state index contributed by atoms with van der Waals surface area (Å²) in [6.45, 7) is 10.5. The summed E-state index contributed by atoms with van der Waals surface area (Å²) >= 11 is 0. The molecule has 3 heteroatoms. The Labute approximate surface area is 91.8 Å². The lowest BCUT2D eigenvalue weighted by atomic mass is 10.2. The third kappa shape index (κ3) is 4.06. The van der Waals surface area contributed by atoms with Gasteiger partial charge in [-0.15, -0.1) is 0 Å². The van der Waals surface area contributed by atoms with Gasteiger partial charge in [-0.25, -0.2) is 0 Å². The van der Waals surface area contributed by atoms with E-state index in [1.807, 2.05) is 20.8 Å². The van der Waals surface area contributed by atoms with Crippen LogP contribution in [0.5, 0.6) is 0 Å². The molecule has 1 N–H and O–H groups in total. The van der Waals surface area contributed by atoms with E-state index >= 15 is 0 Å². The number of ether oxygens (including phenoxy) is 1. The van der Waals surface area contributed by atoms with Crippen LogP contribution in [0.1, 0.15) is 37.9 Å². The van der Waals surface area contributed by atoms with Gasteiger partial charge in [-0.2, -0.15) is 0 Å². The Bertz CT molecular complexity index is 292. The SMILES string of the molecule is CCNCc1cc(COC(C)C)c(C)o1. The molecular weight excluding hydrogens is 190 g/mol. The molecule has 0 radical (unpaired) electrons. The Balaban J connectivity index is 2.52. The number of aryl methyl sites for hydroxylation is 1. The first kappa shape index (κ1) is 12.3. The Morgan fingerprint density at radius 3 is 2.80 bits per heavy atom. The molecule has 0 atom stereocenters. The zero-order chi connectivity index (χ0) is 11.3. The lowest BCUT2D eigenvalue weighted by Crippen LogP contribution is -2.10. The molecule has 0 spiro atoms. The largest absolute Gasteiger partial charge is 0.465 e. The number of furan rings is 1. The van der Waals surface area contributed by atoms with Gasteiger partial charge in [0.05, 0.1) is 19.3 Å². The van der Waals surface area contributed by atoms with E-state index in [0.717, 1.165) is 30.2 Å². The van der Waals surface area contributed by atoms with Crippen molar-refractivity contribution in [2.45, 2.75) is 47.0 Å². The summed E-state index contributed by atoms with van der Waals surface area (Å²) in [6.07, 6.45) is 0.261. The van der Waals surface area contributed by atoms with Gasteiger partial charge in [0.2, 0.25) is 0 Å². The Morgan fingerprint density at radius 1 is 1.47 bits per heavy atom. The van der Waals surface area contributed by atoms with Crippen molar-refractivity contribution < 1.29 is 9.15 Å². The smallest absolute Gasteiger partial charge is 0.118 e. The highest BCUT2D eigenvalue weighted by atomic mass is 16.5. The van der Waals surface area contributed by atoms with Gasteiger partial charge in [-0.3, -0.25) is 0 Å². The first-order valence-corrected chi connectivity index (χ1v) is 5.54. The Morgan fingerprint density at radius 2 is 2.20 bits per heavy atom. The minimum Gasteiger partial charge on any atom is -0.465 e. The molecule has 0 saturated heterocycles. The zero-order valence-corrected chi connectivity index (χ0v) is 10.1. The van der Waals surface area contributed by atoms with E-state index in [4.69, 9.17) is 9.15 Å². The predicted octanol–water partition coefficient (Wildman–Crippen LogP) is 2.62. The van der Waals surface area contributed by atoms with Crippen LogP contribution < -0.4 is 5.32 Å². The van der Waals surface area contributed by atoms with Crippen LogP contribution in [0.15, 0.2) is 10.5 Å². The van der Waals surface area contributed by atoms with Gasteiger partial charge in [-0.05, 0) is 33.4 Å². The molecule has 1 aromatic rings. The van der Waals surface area contributed by atoms with E-state index in [9.17, 15) is 0 Å². The third-order valence-electron chi connectivity index (χ3n) is 2.19. The fourth-order valence-corrected chi connectivity index (χ4v) is 1.32. The van der Waals surface area contributed by atoms with Gasteiger partial charge in [0.25, 0.3) is 0 Å². The average molecular weight is 211 g/mol. The van der Waals surface area contributed by atoms with Crippen molar-refractivity contribution in [2.75, 3.05) is 6.54 Å². The van der Waals surface area contributed by atoms with Crippen LogP contribution in [-0.4, -0.2) is 12.6 Å². The van der Waals surface area contributed by atoms with Crippen molar-refractivity contribution >= 4 is 0 Å². The lowest BCUT2D eigenvalue weighted by Gasteiger charge is -2.05. The van der Waals surface area contributed by atoms with E-state index < -0.39 is 0 Å². The van der Waals surface area contributed by atoms with Gasteiger partial charge in [0.15, 0.2) is 0 Å². The first-order valence-electron chi connectivity index (χ1n) is 5.54. The van der Waals surface area contributed by atoms with E-state index in [-0.39, 0.29) is 6.10 Å². The minimum absolute atomic E-state index is 0.261. The van der Waals surface area contributed by atoms with Crippen LogP contribution in [0, 0.1) is 6.92 Å². The molecule has 0 amide bonds. The number of hydrogen-bond donors (Lipinski definition) is 1. The average Bonchev–Trinajstić information content (AvgIpc) is 2.53. The molecule has 0 aromatic carbocycles. The molecule has 0 fully saturated rings. The monoisotopic (exact) mass is 211 g/mol. The molecule has 86 valence electrons. The van der Waals surface area contributed by atoms with Crippen LogP contribution in [0.3, 0.4) is 0 Å². The van der Waals surface area contributed by atoms with Crippen LogP contribution in [0.4, 0.5) is 0 Å². The highest BCUT2D eigenvalue weighted by Crippen LogP contribution is 2.16. The zero-order valence-electron chi connectivity index (χ0n) is 10.1. The molecule has 0 saturated carbocycles. The van der Waals surface area contributed by atoms with Gasteiger partial charge in [0, 0.05) is 5.56 Å². The molecule has 1 aromatic heterocycles. The van der Waals surface area contributed by atoms with Crippen LogP contribution in [0.25, 0.3) is 0 Å². The molecule has 0 aliphatic carbocycles. The molecule has 0 unspecified atom stereocenters. The summed E-state index contributed by atoms with van der Waals surface area (Å²) in [5, 5.41) is 3.24. The maximum atomic E-state index is 5.61. The maximum Gasteiger partial charge on any atom is 0.118 e. The summed E-state index contributed by atoms with van der Waals surface area (Å²) in [5.41, 5.74) is 1.15. The third-order valence-corrected chi connectivity index (χ3v) is 2.19. The molecule has 0 aliphatic rings. The van der Waals surface area contributed by atoms with Crippen LogP contribution in [-0.2, 0) is 17.9 Å². The summed E-state index contributed by atoms with van der Waals surface area (Å²) in [7, 11) is 0. The normalized spacial score (nSPS) is 11.3. The van der Waals surface area contributed by atoms with Crippen molar-refractivity contribution in [1.29, 1.82) is 0 Å². The fraction of sp³-hybridized carbons (Fsp3) is 0.667. The summed E-state index contributed by atoms with van der Waals surface area (Å²) < 4.78 is 11.2. The van der Waals surface area contributed by atoms with Gasteiger partial charge in [-0.1, -0.05) is 6.92 Å². The van der Waals surface area contributed by atoms with E-state index in [1.165, 1.54) is 0 Å². The standard InChI is InChI=1S/C12H21NO2/c1-5-13-7-12-6-11(10(4)15-12)8-14-9(2)3/h6,9,13H,5,7-8H2,1-4H3.